The maximum absolute atomic E-state index is 5.81. The minimum atomic E-state index is 0.358. The molecule has 0 radical (unpaired) electrons. The van der Waals surface area contributed by atoms with Crippen LogP contribution in [0.3, 0.4) is 0 Å². The lowest BCUT2D eigenvalue weighted by molar-refractivity contribution is 0.0243. The number of nitrogens with zero attached hydrogens (tertiary/aromatic N) is 2. The van der Waals surface area contributed by atoms with E-state index in [4.69, 9.17) is 5.73 Å². The monoisotopic (exact) mass is 269 g/mol. The average Bonchev–Trinajstić information content (AvgIpc) is 2.22. The van der Waals surface area contributed by atoms with Gasteiger partial charge in [0.25, 0.3) is 0 Å². The topological polar surface area (TPSA) is 32.5 Å². The second-order valence-electron chi connectivity index (χ2n) is 7.18. The van der Waals surface area contributed by atoms with E-state index in [1.807, 2.05) is 0 Å². The molecule has 2 unspecified atom stereocenters. The van der Waals surface area contributed by atoms with Crippen molar-refractivity contribution in [1.82, 2.24) is 9.80 Å². The minimum absolute atomic E-state index is 0.358. The van der Waals surface area contributed by atoms with E-state index in [-0.39, 0.29) is 0 Å². The van der Waals surface area contributed by atoms with Gasteiger partial charge in [-0.15, -0.1) is 0 Å². The molecule has 1 rings (SSSR count). The van der Waals surface area contributed by atoms with Crippen molar-refractivity contribution in [2.24, 2.45) is 11.7 Å². The molecule has 1 fully saturated rings. The summed E-state index contributed by atoms with van der Waals surface area (Å²) < 4.78 is 0. The molecule has 0 aromatic heterocycles. The summed E-state index contributed by atoms with van der Waals surface area (Å²) in [5, 5.41) is 0. The molecule has 19 heavy (non-hydrogen) atoms. The number of nitrogens with two attached hydrogens (primary N) is 1. The van der Waals surface area contributed by atoms with Gasteiger partial charge in [-0.05, 0) is 66.1 Å². The molecule has 3 heteroatoms. The third kappa shape index (κ3) is 5.41. The highest BCUT2D eigenvalue weighted by atomic mass is 15.2. The van der Waals surface area contributed by atoms with Crippen LogP contribution in [0.1, 0.15) is 52.4 Å². The van der Waals surface area contributed by atoms with Crippen LogP contribution in [0, 0.1) is 5.92 Å². The highest BCUT2D eigenvalue weighted by molar-refractivity contribution is 4.97. The lowest BCUT2D eigenvalue weighted by Gasteiger charge is -2.49. The van der Waals surface area contributed by atoms with Gasteiger partial charge in [0.2, 0.25) is 0 Å². The van der Waals surface area contributed by atoms with Gasteiger partial charge in [0.15, 0.2) is 0 Å². The summed E-state index contributed by atoms with van der Waals surface area (Å²) in [4.78, 5) is 4.98. The van der Waals surface area contributed by atoms with Crippen LogP contribution in [-0.2, 0) is 0 Å². The standard InChI is InChI=1S/C16H35N3/c1-14(8-6-9-15(2)17)12-19(5)13-16(18(3)4)10-7-11-16/h14-15H,6-13,17H2,1-5H3. The molecule has 2 atom stereocenters. The summed E-state index contributed by atoms with van der Waals surface area (Å²) in [5.41, 5.74) is 6.26. The third-order valence-corrected chi connectivity index (χ3v) is 4.78. The van der Waals surface area contributed by atoms with Gasteiger partial charge < -0.3 is 15.5 Å². The van der Waals surface area contributed by atoms with Crippen molar-refractivity contribution in [3.05, 3.63) is 0 Å². The fraction of sp³-hybridized carbons (Fsp3) is 1.00. The molecular formula is C16H35N3. The van der Waals surface area contributed by atoms with Gasteiger partial charge in [0.05, 0.1) is 0 Å². The van der Waals surface area contributed by atoms with Crippen LogP contribution in [0.25, 0.3) is 0 Å². The average molecular weight is 269 g/mol. The van der Waals surface area contributed by atoms with Crippen molar-refractivity contribution in [3.63, 3.8) is 0 Å². The summed E-state index contributed by atoms with van der Waals surface area (Å²) in [5.74, 6) is 0.781. The van der Waals surface area contributed by atoms with E-state index in [0.717, 1.165) is 12.3 Å². The van der Waals surface area contributed by atoms with Crippen molar-refractivity contribution >= 4 is 0 Å². The van der Waals surface area contributed by atoms with Gasteiger partial charge in [-0.1, -0.05) is 13.3 Å². The maximum atomic E-state index is 5.81. The molecule has 0 aromatic carbocycles. The van der Waals surface area contributed by atoms with Crippen LogP contribution in [0.15, 0.2) is 0 Å². The molecule has 0 heterocycles. The van der Waals surface area contributed by atoms with Gasteiger partial charge in [-0.3, -0.25) is 0 Å². The largest absolute Gasteiger partial charge is 0.328 e. The zero-order valence-electron chi connectivity index (χ0n) is 13.8. The van der Waals surface area contributed by atoms with E-state index < -0.39 is 0 Å². The lowest BCUT2D eigenvalue weighted by Crippen LogP contribution is -2.57. The van der Waals surface area contributed by atoms with E-state index in [0.29, 0.717) is 11.6 Å². The van der Waals surface area contributed by atoms with Gasteiger partial charge in [0.1, 0.15) is 0 Å². The van der Waals surface area contributed by atoms with Gasteiger partial charge >= 0.3 is 0 Å². The van der Waals surface area contributed by atoms with Crippen LogP contribution in [0.2, 0.25) is 0 Å². The molecule has 0 bridgehead atoms. The van der Waals surface area contributed by atoms with E-state index in [9.17, 15) is 0 Å². The molecule has 0 spiro atoms. The second-order valence-corrected chi connectivity index (χ2v) is 7.18. The summed E-state index contributed by atoms with van der Waals surface area (Å²) >= 11 is 0. The molecule has 0 amide bonds. The zero-order valence-corrected chi connectivity index (χ0v) is 13.8. The molecule has 3 nitrogen and oxygen atoms in total. The molecule has 1 saturated carbocycles. The van der Waals surface area contributed by atoms with Gasteiger partial charge in [-0.25, -0.2) is 0 Å². The molecule has 1 aliphatic carbocycles. The van der Waals surface area contributed by atoms with Crippen molar-refractivity contribution < 1.29 is 0 Å². The zero-order chi connectivity index (χ0) is 14.5. The summed E-state index contributed by atoms with van der Waals surface area (Å²) in [6, 6.07) is 0.358. The Morgan fingerprint density at radius 2 is 1.74 bits per heavy atom. The Morgan fingerprint density at radius 1 is 1.11 bits per heavy atom. The fourth-order valence-electron chi connectivity index (χ4n) is 3.31. The van der Waals surface area contributed by atoms with E-state index >= 15 is 0 Å². The van der Waals surface area contributed by atoms with Gasteiger partial charge in [0, 0.05) is 24.7 Å². The second kappa shape index (κ2) is 7.61. The van der Waals surface area contributed by atoms with Crippen LogP contribution < -0.4 is 5.73 Å². The van der Waals surface area contributed by atoms with Crippen molar-refractivity contribution in [2.75, 3.05) is 34.2 Å². The number of hydrogen-bond acceptors (Lipinski definition) is 3. The normalized spacial score (nSPS) is 21.5. The predicted octanol–water partition coefficient (Wildman–Crippen LogP) is 2.56. The molecule has 2 N–H and O–H groups in total. The first kappa shape index (κ1) is 16.9. The van der Waals surface area contributed by atoms with Crippen LogP contribution in [-0.4, -0.2) is 55.6 Å². The Bertz CT molecular complexity index is 246. The molecule has 0 aliphatic heterocycles. The van der Waals surface area contributed by atoms with Crippen molar-refractivity contribution in [3.8, 4) is 0 Å². The van der Waals surface area contributed by atoms with Crippen molar-refractivity contribution in [2.45, 2.75) is 64.0 Å². The van der Waals surface area contributed by atoms with Crippen LogP contribution in [0.4, 0.5) is 0 Å². The Hall–Kier alpha value is -0.120. The molecular weight excluding hydrogens is 234 g/mol. The van der Waals surface area contributed by atoms with E-state index in [2.05, 4.69) is 44.8 Å². The third-order valence-electron chi connectivity index (χ3n) is 4.78. The highest BCUT2D eigenvalue weighted by Crippen LogP contribution is 2.36. The molecule has 114 valence electrons. The van der Waals surface area contributed by atoms with Crippen LogP contribution in [0.5, 0.6) is 0 Å². The SMILES string of the molecule is CC(N)CCCC(C)CN(C)CC1(N(C)C)CCC1. The van der Waals surface area contributed by atoms with Crippen molar-refractivity contribution in [1.29, 1.82) is 0 Å². The smallest absolute Gasteiger partial charge is 0.0330 e. The number of hydrogen-bond donors (Lipinski definition) is 1. The minimum Gasteiger partial charge on any atom is -0.328 e. The molecule has 0 saturated heterocycles. The summed E-state index contributed by atoms with van der Waals surface area (Å²) in [6.45, 7) is 6.92. The quantitative estimate of drug-likeness (QED) is 0.698. The summed E-state index contributed by atoms with van der Waals surface area (Å²) in [6.07, 6.45) is 7.87. The lowest BCUT2D eigenvalue weighted by atomic mass is 9.75. The Kier molecular flexibility index (Phi) is 6.78. The van der Waals surface area contributed by atoms with E-state index in [1.54, 1.807) is 0 Å². The van der Waals surface area contributed by atoms with E-state index in [1.165, 1.54) is 45.2 Å². The Labute approximate surface area is 120 Å². The Balaban J connectivity index is 2.24. The number of rotatable bonds is 9. The molecule has 1 aliphatic rings. The first-order valence-electron chi connectivity index (χ1n) is 7.97. The van der Waals surface area contributed by atoms with Crippen LogP contribution >= 0.6 is 0 Å². The highest BCUT2D eigenvalue weighted by Gasteiger charge is 2.39. The number of likely N-dealkylation sites (N-methyl/N-ethyl adjacent to an activating group) is 2. The predicted molar refractivity (Wildman–Crippen MR) is 84.4 cm³/mol. The maximum Gasteiger partial charge on any atom is 0.0330 e. The summed E-state index contributed by atoms with van der Waals surface area (Å²) in [7, 11) is 6.75. The molecule has 0 aromatic rings. The fourth-order valence-corrected chi connectivity index (χ4v) is 3.31. The first-order valence-corrected chi connectivity index (χ1v) is 7.97. The Morgan fingerprint density at radius 3 is 2.16 bits per heavy atom. The van der Waals surface area contributed by atoms with Gasteiger partial charge in [-0.2, -0.15) is 0 Å². The first-order chi connectivity index (χ1) is 8.85.